The van der Waals surface area contributed by atoms with Crippen LogP contribution in [0.25, 0.3) is 43.6 Å². The quantitative estimate of drug-likeness (QED) is 0.139. The number of rotatable bonds is 6. The molecule has 1 fully saturated rings. The molecule has 0 saturated carbocycles. The standard InChI is InChI=1S/C32H27N5O6/c1-3-20(38)33-13-8-14-34-30(41)32(42)15-21-36-18-11-6-4-9-16(18)22-24-25(29(40)35-28(24)39)23-17-10-5-7-12-19(17)37(27(23)26(22)36)31(32,2)43-21/h3-7,9-12,21,42H,1,8,13-15H2,2H3,(H,33,38)(H,34,41)(H,35,39,40)/t21?,31-,32-/m0/s1. The Balaban J connectivity index is 1.40. The molecule has 0 spiro atoms. The predicted molar refractivity (Wildman–Crippen MR) is 158 cm³/mol. The van der Waals surface area contributed by atoms with E-state index in [0.29, 0.717) is 51.2 Å². The Hall–Kier alpha value is -5.00. The van der Waals surface area contributed by atoms with Crippen LogP contribution >= 0.6 is 0 Å². The van der Waals surface area contributed by atoms with Gasteiger partial charge in [0.25, 0.3) is 17.7 Å². The maximum absolute atomic E-state index is 13.9. The molecule has 3 aliphatic rings. The van der Waals surface area contributed by atoms with Gasteiger partial charge in [-0.15, -0.1) is 0 Å². The van der Waals surface area contributed by atoms with E-state index in [1.165, 1.54) is 6.08 Å². The second kappa shape index (κ2) is 8.52. The third kappa shape index (κ3) is 3.05. The number of benzene rings is 3. The molecule has 5 heterocycles. The van der Waals surface area contributed by atoms with Crippen molar-refractivity contribution in [2.45, 2.75) is 37.3 Å². The number of carbonyl (C=O) groups excluding carboxylic acids is 4. The van der Waals surface area contributed by atoms with Gasteiger partial charge in [0.15, 0.2) is 11.3 Å². The Morgan fingerprint density at radius 3 is 2.30 bits per heavy atom. The molecule has 8 rings (SSSR count). The van der Waals surface area contributed by atoms with E-state index in [9.17, 15) is 24.3 Å². The second-order valence-corrected chi connectivity index (χ2v) is 11.4. The van der Waals surface area contributed by atoms with E-state index in [1.54, 1.807) is 6.92 Å². The fourth-order valence-corrected chi connectivity index (χ4v) is 7.39. The average Bonchev–Trinajstić information content (AvgIpc) is 3.67. The summed E-state index contributed by atoms with van der Waals surface area (Å²) in [5.74, 6) is -1.85. The number of nitrogens with one attached hydrogen (secondary N) is 3. The normalized spacial score (nSPS) is 23.7. The van der Waals surface area contributed by atoms with Crippen LogP contribution in [0.1, 0.15) is 46.7 Å². The highest BCUT2D eigenvalue weighted by Crippen LogP contribution is 2.57. The maximum Gasteiger partial charge on any atom is 0.259 e. The molecule has 3 aliphatic heterocycles. The summed E-state index contributed by atoms with van der Waals surface area (Å²) in [4.78, 5) is 52.2. The number of imide groups is 1. The van der Waals surface area contributed by atoms with Crippen LogP contribution in [0.15, 0.2) is 61.2 Å². The first kappa shape index (κ1) is 25.7. The predicted octanol–water partition coefficient (Wildman–Crippen LogP) is 2.93. The molecule has 0 aliphatic carbocycles. The number of carbonyl (C=O) groups is 4. The van der Waals surface area contributed by atoms with Crippen molar-refractivity contribution in [1.82, 2.24) is 25.1 Å². The van der Waals surface area contributed by atoms with Gasteiger partial charge in [0.05, 0.1) is 33.2 Å². The van der Waals surface area contributed by atoms with E-state index in [2.05, 4.69) is 22.5 Å². The van der Waals surface area contributed by atoms with Gasteiger partial charge >= 0.3 is 0 Å². The third-order valence-corrected chi connectivity index (χ3v) is 9.26. The summed E-state index contributed by atoms with van der Waals surface area (Å²) >= 11 is 0. The lowest BCUT2D eigenvalue weighted by molar-refractivity contribution is -0.187. The van der Waals surface area contributed by atoms with E-state index < -0.39 is 35.3 Å². The summed E-state index contributed by atoms with van der Waals surface area (Å²) in [7, 11) is 0. The van der Waals surface area contributed by atoms with Gasteiger partial charge in [0, 0.05) is 41.1 Å². The van der Waals surface area contributed by atoms with E-state index in [-0.39, 0.29) is 24.4 Å². The van der Waals surface area contributed by atoms with E-state index in [1.807, 2.05) is 57.7 Å². The summed E-state index contributed by atoms with van der Waals surface area (Å²) < 4.78 is 10.6. The van der Waals surface area contributed by atoms with Crippen LogP contribution in [0.2, 0.25) is 0 Å². The first-order chi connectivity index (χ1) is 20.7. The molecule has 4 amide bonds. The van der Waals surface area contributed by atoms with E-state index in [0.717, 1.165) is 10.9 Å². The average molecular weight is 578 g/mol. The third-order valence-electron chi connectivity index (χ3n) is 9.26. The number of fused-ring (bicyclic) bond motifs is 13. The Labute approximate surface area is 244 Å². The smallest absolute Gasteiger partial charge is 0.259 e. The molecule has 4 N–H and O–H groups in total. The van der Waals surface area contributed by atoms with Gasteiger partial charge in [0.2, 0.25) is 5.91 Å². The minimum Gasteiger partial charge on any atom is -0.376 e. The summed E-state index contributed by atoms with van der Waals surface area (Å²) in [6.45, 7) is 5.67. The lowest BCUT2D eigenvalue weighted by Crippen LogP contribution is -2.59. The molecule has 0 radical (unpaired) electrons. The first-order valence-corrected chi connectivity index (χ1v) is 14.2. The van der Waals surface area contributed by atoms with Crippen LogP contribution in [0.5, 0.6) is 0 Å². The zero-order valence-electron chi connectivity index (χ0n) is 23.2. The van der Waals surface area contributed by atoms with Crippen molar-refractivity contribution in [2.24, 2.45) is 0 Å². The number of hydrogen-bond donors (Lipinski definition) is 4. The highest BCUT2D eigenvalue weighted by Gasteiger charge is 2.65. The highest BCUT2D eigenvalue weighted by atomic mass is 16.6. The van der Waals surface area contributed by atoms with Gasteiger partial charge < -0.3 is 29.6 Å². The minimum atomic E-state index is -2.02. The lowest BCUT2D eigenvalue weighted by atomic mass is 9.87. The number of nitrogens with zero attached hydrogens (tertiary/aromatic N) is 2. The van der Waals surface area contributed by atoms with Crippen molar-refractivity contribution in [2.75, 3.05) is 13.1 Å². The summed E-state index contributed by atoms with van der Waals surface area (Å²) in [5.41, 5.74) is -0.285. The molecule has 5 aromatic rings. The Kier molecular flexibility index (Phi) is 5.09. The van der Waals surface area contributed by atoms with Gasteiger partial charge in [-0.25, -0.2) is 0 Å². The van der Waals surface area contributed by atoms with Crippen LogP contribution in [-0.2, 0) is 20.1 Å². The summed E-state index contributed by atoms with van der Waals surface area (Å²) in [6.07, 6.45) is 0.791. The van der Waals surface area contributed by atoms with Crippen molar-refractivity contribution in [3.05, 3.63) is 72.3 Å². The van der Waals surface area contributed by atoms with Crippen LogP contribution in [0.3, 0.4) is 0 Å². The number of aromatic nitrogens is 2. The van der Waals surface area contributed by atoms with Crippen LogP contribution in [0.4, 0.5) is 0 Å². The van der Waals surface area contributed by atoms with E-state index >= 15 is 0 Å². The maximum atomic E-state index is 13.9. The van der Waals surface area contributed by atoms with Crippen LogP contribution < -0.4 is 16.0 Å². The zero-order chi connectivity index (χ0) is 29.8. The number of ether oxygens (including phenoxy) is 1. The fraction of sp³-hybridized carbons (Fsp3) is 0.250. The molecular formula is C32H27N5O6. The number of hydrogen-bond acceptors (Lipinski definition) is 6. The summed E-state index contributed by atoms with van der Waals surface area (Å²) in [6, 6.07) is 15.0. The summed E-state index contributed by atoms with van der Waals surface area (Å²) in [5, 5.41) is 23.1. The van der Waals surface area contributed by atoms with Crippen molar-refractivity contribution in [1.29, 1.82) is 0 Å². The highest BCUT2D eigenvalue weighted by molar-refractivity contribution is 6.39. The monoisotopic (exact) mass is 577 g/mol. The van der Waals surface area contributed by atoms with Crippen molar-refractivity contribution in [3.63, 3.8) is 0 Å². The molecule has 2 aromatic heterocycles. The van der Waals surface area contributed by atoms with Crippen LogP contribution in [0, 0.1) is 0 Å². The molecule has 2 bridgehead atoms. The van der Waals surface area contributed by atoms with Crippen molar-refractivity contribution in [3.8, 4) is 0 Å². The molecule has 11 heteroatoms. The van der Waals surface area contributed by atoms with Crippen molar-refractivity contribution < 1.29 is 29.0 Å². The van der Waals surface area contributed by atoms with Gasteiger partial charge in [-0.3, -0.25) is 24.5 Å². The van der Waals surface area contributed by atoms with Gasteiger partial charge in [0.1, 0.15) is 6.23 Å². The Morgan fingerprint density at radius 1 is 1.00 bits per heavy atom. The number of para-hydroxylation sites is 2. The zero-order valence-corrected chi connectivity index (χ0v) is 23.2. The second-order valence-electron chi connectivity index (χ2n) is 11.4. The molecule has 11 nitrogen and oxygen atoms in total. The van der Waals surface area contributed by atoms with Crippen molar-refractivity contribution >= 4 is 67.2 Å². The molecule has 1 unspecified atom stereocenters. The topological polar surface area (TPSA) is 144 Å². The molecule has 216 valence electrons. The van der Waals surface area contributed by atoms with Crippen LogP contribution in [-0.4, -0.2) is 56.6 Å². The van der Waals surface area contributed by atoms with Gasteiger partial charge in [-0.1, -0.05) is 43.0 Å². The SMILES string of the molecule is C=CC(=O)NCCCNC(=O)[C@@]1(O)CC2O[C@]1(C)n1c3ccccc3c3c4c(c5c6ccccc6n2c5c31)C(=O)NC4=O. The molecule has 3 aromatic carbocycles. The first-order valence-electron chi connectivity index (χ1n) is 14.2. The molecular weight excluding hydrogens is 550 g/mol. The lowest BCUT2D eigenvalue weighted by Gasteiger charge is -2.38. The number of aliphatic hydroxyl groups is 1. The van der Waals surface area contributed by atoms with Gasteiger partial charge in [-0.05, 0) is 31.6 Å². The molecule has 1 saturated heterocycles. The Bertz CT molecular complexity index is 2140. The molecule has 3 atom stereocenters. The minimum absolute atomic E-state index is 0.0635. The number of amides is 4. The van der Waals surface area contributed by atoms with Gasteiger partial charge in [-0.2, -0.15) is 0 Å². The molecule has 43 heavy (non-hydrogen) atoms. The fourth-order valence-electron chi connectivity index (χ4n) is 7.39. The largest absolute Gasteiger partial charge is 0.376 e. The van der Waals surface area contributed by atoms with E-state index in [4.69, 9.17) is 4.74 Å². The Morgan fingerprint density at radius 2 is 1.60 bits per heavy atom.